The molecule has 2 atom stereocenters. The van der Waals surface area contributed by atoms with E-state index in [2.05, 4.69) is 17.1 Å². The fourth-order valence-electron chi connectivity index (χ4n) is 2.51. The van der Waals surface area contributed by atoms with Crippen molar-refractivity contribution in [2.45, 2.75) is 38.6 Å². The van der Waals surface area contributed by atoms with Crippen LogP contribution < -0.4 is 5.32 Å². The fraction of sp³-hybridized carbons (Fsp3) is 1.00. The number of nitrogens with one attached hydrogen (secondary N) is 1. The van der Waals surface area contributed by atoms with Crippen LogP contribution in [-0.4, -0.2) is 30.7 Å². The summed E-state index contributed by atoms with van der Waals surface area (Å²) >= 11 is 0. The minimum atomic E-state index is 0.899. The highest BCUT2D eigenvalue weighted by Gasteiger charge is 2.26. The molecule has 2 nitrogen and oxygen atoms in total. The molecule has 2 aliphatic heterocycles. The van der Waals surface area contributed by atoms with Gasteiger partial charge in [0.15, 0.2) is 0 Å². The van der Waals surface area contributed by atoms with Crippen molar-refractivity contribution in [3.8, 4) is 0 Å². The Labute approximate surface area is 75.3 Å². The number of piperidine rings is 1. The van der Waals surface area contributed by atoms with Crippen LogP contribution in [0.15, 0.2) is 0 Å². The molecule has 1 N–H and O–H groups in total. The van der Waals surface area contributed by atoms with E-state index in [1.54, 1.807) is 0 Å². The van der Waals surface area contributed by atoms with Gasteiger partial charge < -0.3 is 5.32 Å². The Morgan fingerprint density at radius 3 is 3.08 bits per heavy atom. The van der Waals surface area contributed by atoms with Gasteiger partial charge in [-0.05, 0) is 38.1 Å². The summed E-state index contributed by atoms with van der Waals surface area (Å²) in [6.07, 6.45) is 5.67. The Balaban J connectivity index is 1.94. The van der Waals surface area contributed by atoms with Crippen LogP contribution in [0.3, 0.4) is 0 Å². The Hall–Kier alpha value is -0.0800. The lowest BCUT2D eigenvalue weighted by Crippen LogP contribution is -2.45. The third-order valence-corrected chi connectivity index (χ3v) is 3.26. The average Bonchev–Trinajstić information content (AvgIpc) is 2.28. The highest BCUT2D eigenvalue weighted by molar-refractivity contribution is 4.81. The molecule has 1 unspecified atom stereocenters. The lowest BCUT2D eigenvalue weighted by molar-refractivity contribution is 0.111. The molecule has 0 aromatic rings. The molecule has 0 amide bonds. The first-order valence-electron chi connectivity index (χ1n) is 5.31. The van der Waals surface area contributed by atoms with Gasteiger partial charge in [0.25, 0.3) is 0 Å². The summed E-state index contributed by atoms with van der Waals surface area (Å²) < 4.78 is 0. The molecule has 2 aliphatic rings. The quantitative estimate of drug-likeness (QED) is 0.588. The van der Waals surface area contributed by atoms with Crippen molar-refractivity contribution < 1.29 is 0 Å². The summed E-state index contributed by atoms with van der Waals surface area (Å²) in [4.78, 5) is 2.64. The molecule has 0 aromatic carbocycles. The number of nitrogens with zero attached hydrogens (tertiary/aromatic N) is 1. The van der Waals surface area contributed by atoms with Crippen molar-refractivity contribution in [3.63, 3.8) is 0 Å². The molecular formula is C10H20N2. The number of hydrogen-bond acceptors (Lipinski definition) is 2. The topological polar surface area (TPSA) is 15.3 Å². The third-order valence-electron chi connectivity index (χ3n) is 3.26. The molecule has 2 rings (SSSR count). The number of hydrogen-bond donors (Lipinski definition) is 1. The molecule has 0 aromatic heterocycles. The maximum Gasteiger partial charge on any atom is 0.0483 e. The van der Waals surface area contributed by atoms with Gasteiger partial charge in [-0.3, -0.25) is 4.90 Å². The number of rotatable bonds is 0. The molecule has 2 heteroatoms. The summed E-state index contributed by atoms with van der Waals surface area (Å²) in [6, 6.07) is 0.899. The first-order valence-corrected chi connectivity index (χ1v) is 5.31. The van der Waals surface area contributed by atoms with E-state index >= 15 is 0 Å². The second-order valence-electron chi connectivity index (χ2n) is 4.41. The van der Waals surface area contributed by atoms with E-state index in [9.17, 15) is 0 Å². The van der Waals surface area contributed by atoms with E-state index in [1.165, 1.54) is 38.8 Å². The van der Waals surface area contributed by atoms with Gasteiger partial charge in [-0.1, -0.05) is 6.92 Å². The fourth-order valence-corrected chi connectivity index (χ4v) is 2.51. The van der Waals surface area contributed by atoms with Gasteiger partial charge in [-0.15, -0.1) is 0 Å². The SMILES string of the molecule is C[C@H]1CCC2CCCNCN2C1. The van der Waals surface area contributed by atoms with Crippen molar-refractivity contribution in [2.24, 2.45) is 5.92 Å². The molecule has 2 saturated heterocycles. The van der Waals surface area contributed by atoms with Gasteiger partial charge in [0.2, 0.25) is 0 Å². The maximum atomic E-state index is 3.49. The molecule has 70 valence electrons. The van der Waals surface area contributed by atoms with Gasteiger partial charge in [0, 0.05) is 19.3 Å². The zero-order chi connectivity index (χ0) is 8.39. The van der Waals surface area contributed by atoms with Crippen LogP contribution in [0, 0.1) is 5.92 Å². The molecule has 2 fully saturated rings. The van der Waals surface area contributed by atoms with Crippen molar-refractivity contribution in [1.82, 2.24) is 10.2 Å². The monoisotopic (exact) mass is 168 g/mol. The molecule has 0 saturated carbocycles. The van der Waals surface area contributed by atoms with E-state index in [-0.39, 0.29) is 0 Å². The first-order chi connectivity index (χ1) is 5.86. The van der Waals surface area contributed by atoms with E-state index in [0.29, 0.717) is 0 Å². The van der Waals surface area contributed by atoms with Crippen molar-refractivity contribution >= 4 is 0 Å². The van der Waals surface area contributed by atoms with E-state index in [4.69, 9.17) is 0 Å². The van der Waals surface area contributed by atoms with Crippen LogP contribution in [0.25, 0.3) is 0 Å². The normalized spacial score (nSPS) is 38.8. The van der Waals surface area contributed by atoms with Gasteiger partial charge >= 0.3 is 0 Å². The van der Waals surface area contributed by atoms with Gasteiger partial charge in [-0.2, -0.15) is 0 Å². The largest absolute Gasteiger partial charge is 0.304 e. The summed E-state index contributed by atoms with van der Waals surface area (Å²) in [5.74, 6) is 0.918. The first kappa shape index (κ1) is 8.52. The van der Waals surface area contributed by atoms with Crippen LogP contribution in [0.1, 0.15) is 32.6 Å². The summed E-state index contributed by atoms with van der Waals surface area (Å²) in [5.41, 5.74) is 0. The van der Waals surface area contributed by atoms with Crippen LogP contribution in [0.2, 0.25) is 0 Å². The summed E-state index contributed by atoms with van der Waals surface area (Å²) in [5, 5.41) is 3.49. The molecule has 0 spiro atoms. The van der Waals surface area contributed by atoms with Crippen molar-refractivity contribution in [1.29, 1.82) is 0 Å². The van der Waals surface area contributed by atoms with E-state index in [0.717, 1.165) is 18.6 Å². The number of fused-ring (bicyclic) bond motifs is 1. The predicted molar refractivity (Wildman–Crippen MR) is 51.0 cm³/mol. The molecular weight excluding hydrogens is 148 g/mol. The minimum Gasteiger partial charge on any atom is -0.304 e. The second kappa shape index (κ2) is 3.75. The third kappa shape index (κ3) is 1.80. The Morgan fingerprint density at radius 2 is 2.17 bits per heavy atom. The summed E-state index contributed by atoms with van der Waals surface area (Å²) in [7, 11) is 0. The molecule has 0 bridgehead atoms. The maximum absolute atomic E-state index is 3.49. The van der Waals surface area contributed by atoms with Crippen LogP contribution in [0.4, 0.5) is 0 Å². The standard InChI is InChI=1S/C10H20N2/c1-9-4-5-10-3-2-6-11-8-12(10)7-9/h9-11H,2-8H2,1H3/t9-,10?/m0/s1. The van der Waals surface area contributed by atoms with Gasteiger partial charge in [0.05, 0.1) is 0 Å². The van der Waals surface area contributed by atoms with Gasteiger partial charge in [-0.25, -0.2) is 0 Å². The molecule has 0 aliphatic carbocycles. The summed E-state index contributed by atoms with van der Waals surface area (Å²) in [6.45, 7) is 6.05. The highest BCUT2D eigenvalue weighted by Crippen LogP contribution is 2.24. The average molecular weight is 168 g/mol. The Bertz CT molecular complexity index is 147. The van der Waals surface area contributed by atoms with Crippen LogP contribution in [-0.2, 0) is 0 Å². The lowest BCUT2D eigenvalue weighted by atomic mass is 9.92. The molecule has 12 heavy (non-hydrogen) atoms. The van der Waals surface area contributed by atoms with Crippen LogP contribution >= 0.6 is 0 Å². The zero-order valence-electron chi connectivity index (χ0n) is 8.05. The van der Waals surface area contributed by atoms with Crippen molar-refractivity contribution in [3.05, 3.63) is 0 Å². The Kier molecular flexibility index (Phi) is 2.66. The van der Waals surface area contributed by atoms with E-state index < -0.39 is 0 Å². The predicted octanol–water partition coefficient (Wildman–Crippen LogP) is 1.43. The lowest BCUT2D eigenvalue weighted by Gasteiger charge is -2.37. The second-order valence-corrected chi connectivity index (χ2v) is 4.41. The van der Waals surface area contributed by atoms with Crippen LogP contribution in [0.5, 0.6) is 0 Å². The van der Waals surface area contributed by atoms with Crippen molar-refractivity contribution in [2.75, 3.05) is 19.8 Å². The van der Waals surface area contributed by atoms with Gasteiger partial charge in [0.1, 0.15) is 0 Å². The minimum absolute atomic E-state index is 0.899. The zero-order valence-corrected chi connectivity index (χ0v) is 8.05. The molecule has 0 radical (unpaired) electrons. The highest BCUT2D eigenvalue weighted by atomic mass is 15.3. The smallest absolute Gasteiger partial charge is 0.0483 e. The van der Waals surface area contributed by atoms with E-state index in [1.807, 2.05) is 0 Å². The Morgan fingerprint density at radius 1 is 1.25 bits per heavy atom. The molecule has 2 heterocycles.